The minimum absolute atomic E-state index is 1.01. The highest BCUT2D eigenvalue weighted by atomic mass is 16.5. The minimum atomic E-state index is -2.82. The Labute approximate surface area is 48.1 Å². The second kappa shape index (κ2) is 1.61. The van der Waals surface area contributed by atoms with E-state index in [1.54, 1.807) is 0 Å². The summed E-state index contributed by atoms with van der Waals surface area (Å²) in [4.78, 5) is 0. The zero-order valence-electron chi connectivity index (χ0n) is 10.4. The molecule has 0 aromatic carbocycles. The van der Waals surface area contributed by atoms with Crippen molar-refractivity contribution in [1.82, 2.24) is 0 Å². The number of rotatable bonds is 0. The molecule has 0 aromatic heterocycles. The molecule has 1 heteroatoms. The molecule has 0 amide bonds. The van der Waals surface area contributed by atoms with Gasteiger partial charge in [0.1, 0.15) is 0 Å². The standard InChI is InChI=1S/C5H10O/c1-5-3-2-4-6-5/h5H,2-4H2,1H3/i2D2,3D2,4D2,5D. The number of hydrogen-bond donors (Lipinski definition) is 0. The average Bonchev–Trinajstić information content (AvgIpc) is 1.88. The predicted molar refractivity (Wildman–Crippen MR) is 24.6 cm³/mol. The van der Waals surface area contributed by atoms with Crippen molar-refractivity contribution >= 4 is 0 Å². The van der Waals surface area contributed by atoms with Gasteiger partial charge in [-0.2, -0.15) is 0 Å². The molecule has 0 saturated carbocycles. The predicted octanol–water partition coefficient (Wildman–Crippen LogP) is 1.19. The summed E-state index contributed by atoms with van der Waals surface area (Å²) in [6.45, 7) is -1.76. The first-order valence-corrected chi connectivity index (χ1v) is 1.66. The largest absolute Gasteiger partial charge is 0.379 e. The van der Waals surface area contributed by atoms with Gasteiger partial charge in [0, 0.05) is 12.0 Å². The lowest BCUT2D eigenvalue weighted by Gasteiger charge is -1.94. The Bertz CT molecular complexity index is 209. The van der Waals surface area contributed by atoms with Crippen molar-refractivity contribution in [3.8, 4) is 0 Å². The monoisotopic (exact) mass is 93.1 g/mol. The second-order valence-corrected chi connectivity index (χ2v) is 1.01. The Kier molecular flexibility index (Phi) is 0.234. The van der Waals surface area contributed by atoms with E-state index >= 15 is 0 Å². The Morgan fingerprint density at radius 3 is 3.17 bits per heavy atom. The Morgan fingerprint density at radius 2 is 3.00 bits per heavy atom. The van der Waals surface area contributed by atoms with Crippen molar-refractivity contribution in [1.29, 1.82) is 0 Å². The lowest BCUT2D eigenvalue weighted by atomic mass is 10.3. The molecule has 1 fully saturated rings. The molecule has 0 aromatic rings. The SMILES string of the molecule is [2H]C1([2H])OC([2H])(C)C([2H])([2H])C1([2H])[2H]. The van der Waals surface area contributed by atoms with Crippen molar-refractivity contribution in [2.75, 3.05) is 6.56 Å². The van der Waals surface area contributed by atoms with E-state index in [0.717, 1.165) is 6.92 Å². The van der Waals surface area contributed by atoms with Gasteiger partial charge in [0.05, 0.1) is 10.2 Å². The Morgan fingerprint density at radius 1 is 2.17 bits per heavy atom. The van der Waals surface area contributed by atoms with Gasteiger partial charge in [-0.15, -0.1) is 0 Å². The molecule has 0 N–H and O–H groups in total. The molecule has 1 unspecified atom stereocenters. The second-order valence-electron chi connectivity index (χ2n) is 1.01. The molecule has 0 aliphatic carbocycles. The number of hydrogen-bond acceptors (Lipinski definition) is 1. The smallest absolute Gasteiger partial charge is 0.0600 e. The summed E-state index contributed by atoms with van der Waals surface area (Å²) in [6, 6.07) is 0. The van der Waals surface area contributed by atoms with Crippen LogP contribution in [0.2, 0.25) is 0 Å². The van der Waals surface area contributed by atoms with E-state index in [1.807, 2.05) is 0 Å². The topological polar surface area (TPSA) is 9.23 Å². The van der Waals surface area contributed by atoms with Crippen LogP contribution in [0, 0.1) is 0 Å². The molecule has 36 valence electrons. The summed E-state index contributed by atoms with van der Waals surface area (Å²) in [6.07, 6.45) is -7.71. The Balaban J connectivity index is 3.24. The summed E-state index contributed by atoms with van der Waals surface area (Å²) < 4.78 is 55.0. The van der Waals surface area contributed by atoms with Gasteiger partial charge in [-0.25, -0.2) is 0 Å². The lowest BCUT2D eigenvalue weighted by Crippen LogP contribution is -1.94. The quantitative estimate of drug-likeness (QED) is 0.437. The van der Waals surface area contributed by atoms with Gasteiger partial charge in [0.2, 0.25) is 0 Å². The van der Waals surface area contributed by atoms with Gasteiger partial charge in [0.15, 0.2) is 0 Å². The van der Waals surface area contributed by atoms with Crippen LogP contribution in [0.5, 0.6) is 0 Å². The molecule has 1 atom stereocenters. The van der Waals surface area contributed by atoms with E-state index in [0.29, 0.717) is 0 Å². The maximum Gasteiger partial charge on any atom is 0.0600 e. The number of ether oxygens (including phenoxy) is 1. The fraction of sp³-hybridized carbons (Fsp3) is 1.00. The van der Waals surface area contributed by atoms with Crippen LogP contribution >= 0.6 is 0 Å². The zero-order chi connectivity index (χ0) is 10.7. The molecule has 0 spiro atoms. The van der Waals surface area contributed by atoms with Gasteiger partial charge in [-0.1, -0.05) is 0 Å². The van der Waals surface area contributed by atoms with Crippen molar-refractivity contribution in [2.24, 2.45) is 0 Å². The maximum absolute atomic E-state index is 7.32. The first-order valence-electron chi connectivity index (χ1n) is 5.16. The van der Waals surface area contributed by atoms with Crippen molar-refractivity contribution in [2.45, 2.75) is 25.7 Å². The van der Waals surface area contributed by atoms with Crippen LogP contribution < -0.4 is 0 Å². The van der Waals surface area contributed by atoms with E-state index in [-0.39, 0.29) is 0 Å². The van der Waals surface area contributed by atoms with Crippen molar-refractivity contribution in [3.63, 3.8) is 0 Å². The van der Waals surface area contributed by atoms with Gasteiger partial charge in [-0.05, 0) is 19.7 Å². The van der Waals surface area contributed by atoms with E-state index < -0.39 is 25.4 Å². The van der Waals surface area contributed by atoms with Crippen molar-refractivity contribution < 1.29 is 14.3 Å². The van der Waals surface area contributed by atoms with Gasteiger partial charge < -0.3 is 4.74 Å². The van der Waals surface area contributed by atoms with Crippen LogP contribution in [0.1, 0.15) is 29.3 Å². The van der Waals surface area contributed by atoms with Crippen LogP contribution in [0.4, 0.5) is 0 Å². The Hall–Kier alpha value is -0.0400. The average molecular weight is 93.2 g/mol. The molecule has 1 rings (SSSR count). The normalized spacial score (nSPS) is 89.2. The summed E-state index contributed by atoms with van der Waals surface area (Å²) in [5, 5.41) is 0. The summed E-state index contributed by atoms with van der Waals surface area (Å²) in [7, 11) is 0. The molecule has 1 aliphatic heterocycles. The third kappa shape index (κ3) is 0.716. The fourth-order valence-corrected chi connectivity index (χ4v) is 0.241. The van der Waals surface area contributed by atoms with E-state index in [1.165, 1.54) is 0 Å². The lowest BCUT2D eigenvalue weighted by molar-refractivity contribution is 0.125. The molecular formula is C5H10O. The maximum atomic E-state index is 7.32. The van der Waals surface area contributed by atoms with Crippen LogP contribution in [-0.4, -0.2) is 12.6 Å². The molecule has 1 nitrogen and oxygen atoms in total. The molecule has 1 aliphatic rings. The van der Waals surface area contributed by atoms with Crippen LogP contribution in [0.3, 0.4) is 0 Å². The first kappa shape index (κ1) is 0.873. The highest BCUT2D eigenvalue weighted by Crippen LogP contribution is 2.09. The van der Waals surface area contributed by atoms with E-state index in [4.69, 9.17) is 9.60 Å². The van der Waals surface area contributed by atoms with Gasteiger partial charge in [0.25, 0.3) is 0 Å². The highest BCUT2D eigenvalue weighted by Gasteiger charge is 2.07. The summed E-state index contributed by atoms with van der Waals surface area (Å²) >= 11 is 0. The third-order valence-electron chi connectivity index (χ3n) is 0.494. The highest BCUT2D eigenvalue weighted by molar-refractivity contribution is 4.56. The van der Waals surface area contributed by atoms with Crippen molar-refractivity contribution in [3.05, 3.63) is 0 Å². The fourth-order valence-electron chi connectivity index (χ4n) is 0.241. The molecule has 0 radical (unpaired) electrons. The third-order valence-corrected chi connectivity index (χ3v) is 0.494. The molecule has 0 bridgehead atoms. The summed E-state index contributed by atoms with van der Waals surface area (Å²) in [5.41, 5.74) is 0. The molecule has 1 saturated heterocycles. The minimum Gasteiger partial charge on any atom is -0.379 e. The van der Waals surface area contributed by atoms with E-state index in [2.05, 4.69) is 4.74 Å². The van der Waals surface area contributed by atoms with Gasteiger partial charge in [-0.3, -0.25) is 0 Å². The molecule has 6 heavy (non-hydrogen) atoms. The zero-order valence-corrected chi connectivity index (χ0v) is 3.41. The van der Waals surface area contributed by atoms with Gasteiger partial charge >= 0.3 is 0 Å². The van der Waals surface area contributed by atoms with Crippen LogP contribution in [0.25, 0.3) is 0 Å². The van der Waals surface area contributed by atoms with Crippen LogP contribution in [0.15, 0.2) is 0 Å². The summed E-state index contributed by atoms with van der Waals surface area (Å²) in [5.74, 6) is 0. The van der Waals surface area contributed by atoms with Crippen LogP contribution in [-0.2, 0) is 4.74 Å². The van der Waals surface area contributed by atoms with E-state index in [9.17, 15) is 0 Å². The molecular weight excluding hydrogens is 76.1 g/mol. The first-order chi connectivity index (χ1) is 5.46. The molecule has 1 heterocycles.